The summed E-state index contributed by atoms with van der Waals surface area (Å²) >= 11 is 0. The molecule has 4 rings (SSSR count). The van der Waals surface area contributed by atoms with Crippen molar-refractivity contribution in [2.75, 3.05) is 24.7 Å². The molecule has 0 radical (unpaired) electrons. The molecule has 3 heterocycles. The van der Waals surface area contributed by atoms with Gasteiger partial charge in [0.05, 0.1) is 18.5 Å². The predicted molar refractivity (Wildman–Crippen MR) is 95.3 cm³/mol. The Bertz CT molecular complexity index is 975. The number of hydrogen-bond donors (Lipinski definition) is 1. The molecule has 27 heavy (non-hydrogen) atoms. The Kier molecular flexibility index (Phi) is 4.34. The molecule has 148 valence electrons. The molecular formula is C16H22F2N6O2S. The van der Waals surface area contributed by atoms with Crippen molar-refractivity contribution in [3.05, 3.63) is 18.0 Å². The zero-order valence-corrected chi connectivity index (χ0v) is 16.0. The van der Waals surface area contributed by atoms with Crippen LogP contribution in [-0.4, -0.2) is 63.9 Å². The number of sulfonamides is 1. The lowest BCUT2D eigenvalue weighted by Gasteiger charge is -2.33. The Balaban J connectivity index is 1.57. The number of rotatable bonds is 5. The van der Waals surface area contributed by atoms with Crippen molar-refractivity contribution in [2.24, 2.45) is 0 Å². The second-order valence-electron chi connectivity index (χ2n) is 7.42. The molecule has 11 heteroatoms. The summed E-state index contributed by atoms with van der Waals surface area (Å²) in [4.78, 5) is 8.14. The molecule has 0 bridgehead atoms. The van der Waals surface area contributed by atoms with Gasteiger partial charge in [-0.1, -0.05) is 6.92 Å². The minimum absolute atomic E-state index is 0.150. The van der Waals surface area contributed by atoms with Gasteiger partial charge in [-0.2, -0.15) is 8.70 Å². The Morgan fingerprint density at radius 3 is 2.74 bits per heavy atom. The fourth-order valence-corrected chi connectivity index (χ4v) is 4.50. The second kappa shape index (κ2) is 6.33. The van der Waals surface area contributed by atoms with Gasteiger partial charge in [-0.25, -0.2) is 27.3 Å². The number of anilines is 1. The van der Waals surface area contributed by atoms with Crippen LogP contribution in [0.5, 0.6) is 0 Å². The number of piperidine rings is 1. The Labute approximate surface area is 156 Å². The van der Waals surface area contributed by atoms with Gasteiger partial charge in [0, 0.05) is 18.5 Å². The van der Waals surface area contributed by atoms with E-state index in [-0.39, 0.29) is 30.0 Å². The van der Waals surface area contributed by atoms with Crippen LogP contribution in [0.1, 0.15) is 38.4 Å². The maximum absolute atomic E-state index is 14.5. The number of hydrogen-bond acceptors (Lipinski definition) is 6. The maximum atomic E-state index is 14.5. The summed E-state index contributed by atoms with van der Waals surface area (Å²) in [6.07, 6.45) is 4.02. The van der Waals surface area contributed by atoms with E-state index in [4.69, 9.17) is 0 Å². The number of imidazole rings is 1. The monoisotopic (exact) mass is 400 g/mol. The number of alkyl halides is 1. The molecule has 1 aliphatic carbocycles. The van der Waals surface area contributed by atoms with Crippen LogP contribution in [-0.2, 0) is 15.4 Å². The van der Waals surface area contributed by atoms with Crippen molar-refractivity contribution in [1.82, 2.24) is 23.9 Å². The summed E-state index contributed by atoms with van der Waals surface area (Å²) in [5, 5.41) is 7.27. The van der Waals surface area contributed by atoms with Gasteiger partial charge in [0.15, 0.2) is 0 Å². The molecule has 8 nitrogen and oxygen atoms in total. The van der Waals surface area contributed by atoms with Crippen LogP contribution in [0.3, 0.4) is 0 Å². The molecule has 0 amide bonds. The van der Waals surface area contributed by atoms with Crippen molar-refractivity contribution in [2.45, 2.75) is 50.2 Å². The standard InChI is InChI=1S/C16H22F2N6O2S/c1-3-16(5-6-16)14-21-13(18)12-8-19-15(22-24(12)14)20-11-4-7-23(9-10(11)17)27(2,25)26/h8,10-11H,3-7,9H2,1-2H3,(H,20,22)/t10-,11-/m1/s1. The highest BCUT2D eigenvalue weighted by Crippen LogP contribution is 2.50. The molecule has 2 aromatic rings. The van der Waals surface area contributed by atoms with E-state index in [0.717, 1.165) is 29.8 Å². The molecule has 1 saturated carbocycles. The third-order valence-corrected chi connectivity index (χ3v) is 6.91. The first-order valence-corrected chi connectivity index (χ1v) is 10.9. The molecule has 2 fully saturated rings. The number of aromatic nitrogens is 4. The van der Waals surface area contributed by atoms with E-state index in [1.807, 2.05) is 6.92 Å². The van der Waals surface area contributed by atoms with E-state index in [2.05, 4.69) is 20.4 Å². The van der Waals surface area contributed by atoms with Gasteiger partial charge in [0.2, 0.25) is 21.9 Å². The summed E-state index contributed by atoms with van der Waals surface area (Å²) in [6, 6.07) is -0.613. The highest BCUT2D eigenvalue weighted by atomic mass is 32.2. The number of nitrogens with zero attached hydrogens (tertiary/aromatic N) is 5. The Morgan fingerprint density at radius 1 is 1.41 bits per heavy atom. The molecule has 2 aromatic heterocycles. The lowest BCUT2D eigenvalue weighted by atomic mass is 10.0. The Morgan fingerprint density at radius 2 is 2.15 bits per heavy atom. The molecule has 1 aliphatic heterocycles. The van der Waals surface area contributed by atoms with Crippen LogP contribution in [0.15, 0.2) is 6.20 Å². The molecule has 1 N–H and O–H groups in total. The molecule has 1 saturated heterocycles. The third kappa shape index (κ3) is 3.27. The van der Waals surface area contributed by atoms with Gasteiger partial charge in [-0.15, -0.1) is 5.10 Å². The van der Waals surface area contributed by atoms with Gasteiger partial charge in [0.25, 0.3) is 0 Å². The quantitative estimate of drug-likeness (QED) is 0.818. The predicted octanol–water partition coefficient (Wildman–Crippen LogP) is 1.49. The first kappa shape index (κ1) is 18.5. The van der Waals surface area contributed by atoms with E-state index in [0.29, 0.717) is 12.2 Å². The summed E-state index contributed by atoms with van der Waals surface area (Å²) in [6.45, 7) is 2.06. The van der Waals surface area contributed by atoms with E-state index >= 15 is 0 Å². The fourth-order valence-electron chi connectivity index (χ4n) is 3.65. The van der Waals surface area contributed by atoms with Gasteiger partial charge in [-0.3, -0.25) is 0 Å². The topological polar surface area (TPSA) is 92.5 Å². The molecule has 0 spiro atoms. The van der Waals surface area contributed by atoms with Crippen molar-refractivity contribution in [3.63, 3.8) is 0 Å². The van der Waals surface area contributed by atoms with Gasteiger partial charge in [0.1, 0.15) is 17.5 Å². The number of halogens is 2. The first-order valence-electron chi connectivity index (χ1n) is 9.01. The summed E-state index contributed by atoms with van der Waals surface area (Å²) in [7, 11) is -3.42. The van der Waals surface area contributed by atoms with E-state index in [1.165, 1.54) is 10.7 Å². The zero-order chi connectivity index (χ0) is 19.4. The summed E-state index contributed by atoms with van der Waals surface area (Å²) < 4.78 is 54.4. The highest BCUT2D eigenvalue weighted by molar-refractivity contribution is 7.88. The minimum atomic E-state index is -3.42. The SMILES string of the molecule is CCC1(c2nc(F)c3cnc(N[C@@H]4CCN(S(C)(=O)=O)C[C@H]4F)nn23)CC1. The molecule has 0 aromatic carbocycles. The summed E-state index contributed by atoms with van der Waals surface area (Å²) in [5.41, 5.74) is 0.0430. The largest absolute Gasteiger partial charge is 0.347 e. The van der Waals surface area contributed by atoms with Crippen LogP contribution < -0.4 is 5.32 Å². The fraction of sp³-hybridized carbons (Fsp3) is 0.688. The highest BCUT2D eigenvalue weighted by Gasteiger charge is 2.47. The van der Waals surface area contributed by atoms with E-state index in [1.54, 1.807) is 0 Å². The second-order valence-corrected chi connectivity index (χ2v) is 9.40. The third-order valence-electron chi connectivity index (χ3n) is 5.64. The molecule has 2 aliphatic rings. The smallest absolute Gasteiger partial charge is 0.242 e. The minimum Gasteiger partial charge on any atom is -0.347 e. The lowest BCUT2D eigenvalue weighted by Crippen LogP contribution is -2.49. The van der Waals surface area contributed by atoms with Crippen molar-refractivity contribution in [3.8, 4) is 0 Å². The van der Waals surface area contributed by atoms with E-state index in [9.17, 15) is 17.2 Å². The van der Waals surface area contributed by atoms with Gasteiger partial charge < -0.3 is 5.32 Å². The lowest BCUT2D eigenvalue weighted by molar-refractivity contribution is 0.186. The number of nitrogens with one attached hydrogen (secondary N) is 1. The van der Waals surface area contributed by atoms with Gasteiger partial charge >= 0.3 is 0 Å². The van der Waals surface area contributed by atoms with Crippen molar-refractivity contribution in [1.29, 1.82) is 0 Å². The maximum Gasteiger partial charge on any atom is 0.242 e. The van der Waals surface area contributed by atoms with Crippen LogP contribution in [0.4, 0.5) is 14.7 Å². The molecular weight excluding hydrogens is 378 g/mol. The average Bonchev–Trinajstić information content (AvgIpc) is 3.34. The molecule has 2 atom stereocenters. The average molecular weight is 400 g/mol. The first-order chi connectivity index (χ1) is 12.7. The van der Waals surface area contributed by atoms with Crippen LogP contribution in [0.2, 0.25) is 0 Å². The Hall–Kier alpha value is -1.88. The van der Waals surface area contributed by atoms with Crippen LogP contribution >= 0.6 is 0 Å². The van der Waals surface area contributed by atoms with E-state index < -0.39 is 28.2 Å². The van der Waals surface area contributed by atoms with Crippen molar-refractivity contribution < 1.29 is 17.2 Å². The normalized spacial score (nSPS) is 25.6. The van der Waals surface area contributed by atoms with Crippen LogP contribution in [0, 0.1) is 5.95 Å². The molecule has 0 unspecified atom stereocenters. The summed E-state index contributed by atoms with van der Waals surface area (Å²) in [5.74, 6) is 0.140. The zero-order valence-electron chi connectivity index (χ0n) is 15.2. The number of fused-ring (bicyclic) bond motifs is 1. The van der Waals surface area contributed by atoms with Gasteiger partial charge in [-0.05, 0) is 25.7 Å². The van der Waals surface area contributed by atoms with Crippen LogP contribution in [0.25, 0.3) is 5.52 Å². The van der Waals surface area contributed by atoms with Crippen molar-refractivity contribution >= 4 is 21.5 Å².